The quantitative estimate of drug-likeness (QED) is 0.723. The first-order valence-electron chi connectivity index (χ1n) is 7.27. The number of carbonyl (C=O) groups is 1. The minimum Gasteiger partial charge on any atom is -0.464 e. The lowest BCUT2D eigenvalue weighted by Gasteiger charge is -2.18. The summed E-state index contributed by atoms with van der Waals surface area (Å²) < 4.78 is 11.0. The van der Waals surface area contributed by atoms with Crippen molar-refractivity contribution < 1.29 is 13.6 Å². The smallest absolute Gasteiger partial charge is 0.310 e. The van der Waals surface area contributed by atoms with Gasteiger partial charge in [-0.25, -0.2) is 5.01 Å². The molecule has 1 atom stereocenters. The monoisotopic (exact) mass is 326 g/mol. The van der Waals surface area contributed by atoms with Gasteiger partial charge >= 0.3 is 5.91 Å². The van der Waals surface area contributed by atoms with Crippen LogP contribution >= 0.6 is 11.3 Å². The van der Waals surface area contributed by atoms with Gasteiger partial charge in [-0.3, -0.25) is 4.79 Å². The third-order valence-electron chi connectivity index (χ3n) is 3.75. The van der Waals surface area contributed by atoms with Crippen molar-refractivity contribution in [3.63, 3.8) is 0 Å². The Morgan fingerprint density at radius 1 is 1.30 bits per heavy atom. The van der Waals surface area contributed by atoms with E-state index in [0.717, 1.165) is 22.1 Å². The zero-order chi connectivity index (χ0) is 15.8. The van der Waals surface area contributed by atoms with E-state index in [1.165, 1.54) is 11.3 Å². The molecule has 3 aromatic heterocycles. The molecule has 23 heavy (non-hydrogen) atoms. The van der Waals surface area contributed by atoms with Gasteiger partial charge in [0.1, 0.15) is 17.6 Å². The molecular weight excluding hydrogens is 312 g/mol. The number of amides is 1. The van der Waals surface area contributed by atoms with Gasteiger partial charge < -0.3 is 8.83 Å². The highest BCUT2D eigenvalue weighted by molar-refractivity contribution is 7.12. The standard InChI is InChI=1S/C17H14N2O3S/c1-11-6-7-14(22-11)13-10-12(16-5-3-9-23-16)18-19(13)17(20)15-4-2-8-21-15/h2-9,13H,10H2,1H3/t13-/m1/s1. The third kappa shape index (κ3) is 2.51. The minimum absolute atomic E-state index is 0.251. The molecule has 4 rings (SSSR count). The number of carbonyl (C=O) groups excluding carboxylic acids is 1. The van der Waals surface area contributed by atoms with Gasteiger partial charge in [0.05, 0.1) is 16.9 Å². The molecule has 0 unspecified atom stereocenters. The number of rotatable bonds is 3. The number of furan rings is 2. The van der Waals surface area contributed by atoms with Crippen LogP contribution in [0.25, 0.3) is 0 Å². The summed E-state index contributed by atoms with van der Waals surface area (Å²) >= 11 is 1.61. The van der Waals surface area contributed by atoms with E-state index in [1.807, 2.05) is 36.6 Å². The molecule has 1 aliphatic heterocycles. The van der Waals surface area contributed by atoms with Gasteiger partial charge in [-0.05, 0) is 42.6 Å². The first-order chi connectivity index (χ1) is 11.2. The Labute approximate surface area is 136 Å². The second-order valence-corrected chi connectivity index (χ2v) is 6.27. The average Bonchev–Trinajstić information content (AvgIpc) is 3.31. The van der Waals surface area contributed by atoms with E-state index in [2.05, 4.69) is 5.10 Å². The van der Waals surface area contributed by atoms with Crippen LogP contribution < -0.4 is 0 Å². The largest absolute Gasteiger partial charge is 0.464 e. The van der Waals surface area contributed by atoms with Crippen molar-refractivity contribution in [3.8, 4) is 0 Å². The molecule has 0 saturated heterocycles. The summed E-state index contributed by atoms with van der Waals surface area (Å²) in [6.07, 6.45) is 2.11. The van der Waals surface area contributed by atoms with E-state index < -0.39 is 0 Å². The zero-order valence-electron chi connectivity index (χ0n) is 12.4. The molecular formula is C17H14N2O3S. The SMILES string of the molecule is Cc1ccc([C@H]2CC(c3cccs3)=NN2C(=O)c2ccco2)o1. The first-order valence-corrected chi connectivity index (χ1v) is 8.15. The highest BCUT2D eigenvalue weighted by atomic mass is 32.1. The van der Waals surface area contributed by atoms with Crippen LogP contribution in [0.4, 0.5) is 0 Å². The van der Waals surface area contributed by atoms with Crippen LogP contribution in [0.15, 0.2) is 62.0 Å². The van der Waals surface area contributed by atoms with Gasteiger partial charge in [0.15, 0.2) is 5.76 Å². The lowest BCUT2D eigenvalue weighted by molar-refractivity contribution is 0.0659. The molecule has 1 amide bonds. The molecule has 5 nitrogen and oxygen atoms in total. The molecule has 0 fully saturated rings. The summed E-state index contributed by atoms with van der Waals surface area (Å²) in [5.74, 6) is 1.56. The van der Waals surface area contributed by atoms with Crippen molar-refractivity contribution in [2.45, 2.75) is 19.4 Å². The van der Waals surface area contributed by atoms with E-state index in [-0.39, 0.29) is 17.7 Å². The topological polar surface area (TPSA) is 59.0 Å². The van der Waals surface area contributed by atoms with Crippen LogP contribution in [0, 0.1) is 6.92 Å². The van der Waals surface area contributed by atoms with Crippen molar-refractivity contribution in [2.75, 3.05) is 0 Å². The van der Waals surface area contributed by atoms with Gasteiger partial charge in [-0.1, -0.05) is 6.07 Å². The molecule has 0 N–H and O–H groups in total. The molecule has 0 radical (unpaired) electrons. The van der Waals surface area contributed by atoms with E-state index in [9.17, 15) is 4.79 Å². The molecule has 0 aliphatic carbocycles. The zero-order valence-corrected chi connectivity index (χ0v) is 13.2. The van der Waals surface area contributed by atoms with Crippen LogP contribution in [0.1, 0.15) is 39.4 Å². The second-order valence-electron chi connectivity index (χ2n) is 5.32. The van der Waals surface area contributed by atoms with Crippen LogP contribution in [0.3, 0.4) is 0 Å². The normalized spacial score (nSPS) is 17.5. The highest BCUT2D eigenvalue weighted by Crippen LogP contribution is 2.35. The summed E-state index contributed by atoms with van der Waals surface area (Å²) in [6, 6.07) is 10.9. The summed E-state index contributed by atoms with van der Waals surface area (Å²) in [5.41, 5.74) is 0.888. The average molecular weight is 326 g/mol. The van der Waals surface area contributed by atoms with Crippen molar-refractivity contribution in [1.29, 1.82) is 0 Å². The predicted octanol–water partition coefficient (Wildman–Crippen LogP) is 4.23. The molecule has 6 heteroatoms. The Kier molecular flexibility index (Phi) is 3.38. The van der Waals surface area contributed by atoms with E-state index in [4.69, 9.17) is 8.83 Å². The van der Waals surface area contributed by atoms with Gasteiger partial charge in [0, 0.05) is 6.42 Å². The second kappa shape index (κ2) is 5.55. The molecule has 116 valence electrons. The van der Waals surface area contributed by atoms with Crippen LogP contribution in [-0.2, 0) is 0 Å². The molecule has 0 spiro atoms. The van der Waals surface area contributed by atoms with Crippen molar-refractivity contribution in [3.05, 3.63) is 70.2 Å². The number of hydrazone groups is 1. The lowest BCUT2D eigenvalue weighted by atomic mass is 10.1. The van der Waals surface area contributed by atoms with Crippen molar-refractivity contribution >= 4 is 23.0 Å². The predicted molar refractivity (Wildman–Crippen MR) is 86.5 cm³/mol. The molecule has 1 aliphatic rings. The summed E-state index contributed by atoms with van der Waals surface area (Å²) in [6.45, 7) is 1.89. The summed E-state index contributed by atoms with van der Waals surface area (Å²) in [4.78, 5) is 13.8. The third-order valence-corrected chi connectivity index (χ3v) is 4.66. The van der Waals surface area contributed by atoms with Gasteiger partial charge in [-0.15, -0.1) is 11.3 Å². The van der Waals surface area contributed by atoms with Crippen LogP contribution in [0.5, 0.6) is 0 Å². The number of hydrogen-bond acceptors (Lipinski definition) is 5. The minimum atomic E-state index is -0.263. The molecule has 0 saturated carbocycles. The number of nitrogens with zero attached hydrogens (tertiary/aromatic N) is 2. The van der Waals surface area contributed by atoms with E-state index in [1.54, 1.807) is 23.5 Å². The van der Waals surface area contributed by atoms with Crippen LogP contribution in [-0.4, -0.2) is 16.6 Å². The maximum atomic E-state index is 12.7. The molecule has 0 bridgehead atoms. The van der Waals surface area contributed by atoms with E-state index in [0.29, 0.717) is 6.42 Å². The first kappa shape index (κ1) is 14.0. The Morgan fingerprint density at radius 3 is 2.87 bits per heavy atom. The Balaban J connectivity index is 1.72. The summed E-state index contributed by atoms with van der Waals surface area (Å²) in [7, 11) is 0. The molecule has 0 aromatic carbocycles. The molecule has 3 aromatic rings. The maximum absolute atomic E-state index is 12.7. The Morgan fingerprint density at radius 2 is 2.22 bits per heavy atom. The van der Waals surface area contributed by atoms with Crippen molar-refractivity contribution in [1.82, 2.24) is 5.01 Å². The van der Waals surface area contributed by atoms with E-state index >= 15 is 0 Å². The van der Waals surface area contributed by atoms with Gasteiger partial charge in [0.2, 0.25) is 0 Å². The highest BCUT2D eigenvalue weighted by Gasteiger charge is 2.36. The number of hydrogen-bond donors (Lipinski definition) is 0. The fourth-order valence-corrected chi connectivity index (χ4v) is 3.38. The van der Waals surface area contributed by atoms with Gasteiger partial charge in [0.25, 0.3) is 0 Å². The fraction of sp³-hybridized carbons (Fsp3) is 0.176. The van der Waals surface area contributed by atoms with Crippen molar-refractivity contribution in [2.24, 2.45) is 5.10 Å². The van der Waals surface area contributed by atoms with Gasteiger partial charge in [-0.2, -0.15) is 5.10 Å². The number of aryl methyl sites for hydroxylation is 1. The maximum Gasteiger partial charge on any atom is 0.310 e. The lowest BCUT2D eigenvalue weighted by Crippen LogP contribution is -2.26. The Hall–Kier alpha value is -2.60. The van der Waals surface area contributed by atoms with Crippen LogP contribution in [0.2, 0.25) is 0 Å². The molecule has 4 heterocycles. The summed E-state index contributed by atoms with van der Waals surface area (Å²) in [5, 5.41) is 8.01. The Bertz CT molecular complexity index is 846. The fourth-order valence-electron chi connectivity index (χ4n) is 2.66. The number of thiophene rings is 1.